The van der Waals surface area contributed by atoms with Crippen LogP contribution < -0.4 is 9.84 Å². The third-order valence-corrected chi connectivity index (χ3v) is 4.62. The topological polar surface area (TPSA) is 66.4 Å². The van der Waals surface area contributed by atoms with E-state index in [0.717, 1.165) is 6.29 Å². The summed E-state index contributed by atoms with van der Waals surface area (Å²) in [7, 11) is 0. The van der Waals surface area contributed by atoms with Crippen molar-refractivity contribution in [1.82, 2.24) is 0 Å². The highest BCUT2D eigenvalue weighted by atomic mass is 16.5. The molecule has 120 valence electrons. The first-order valence-corrected chi connectivity index (χ1v) is 7.59. The monoisotopic (exact) mass is 305 g/mol. The van der Waals surface area contributed by atoms with Crippen LogP contribution in [0, 0.1) is 0 Å². The average molecular weight is 305 g/mol. The number of aldehydes is 1. The van der Waals surface area contributed by atoms with Crippen LogP contribution in [0.1, 0.15) is 44.0 Å². The minimum absolute atomic E-state index is 0.00460. The number of amides is 1. The normalized spacial score (nSPS) is 25.5. The summed E-state index contributed by atoms with van der Waals surface area (Å²) in [5.74, 6) is 0.708. The molecule has 1 aromatic carbocycles. The summed E-state index contributed by atoms with van der Waals surface area (Å²) in [6.45, 7) is 6.80. The van der Waals surface area contributed by atoms with E-state index < -0.39 is 11.6 Å². The molecule has 0 saturated carbocycles. The van der Waals surface area contributed by atoms with Crippen molar-refractivity contribution in [2.24, 2.45) is 0 Å². The molecule has 0 N–H and O–H groups in total. The number of carboxylic acid groups (broad SMARTS) is 1. The molecule has 1 heterocycles. The zero-order chi connectivity index (χ0) is 16.4. The van der Waals surface area contributed by atoms with Crippen molar-refractivity contribution in [3.63, 3.8) is 0 Å². The Morgan fingerprint density at radius 2 is 1.77 bits per heavy atom. The lowest BCUT2D eigenvalue weighted by atomic mass is 9.95. The van der Waals surface area contributed by atoms with Gasteiger partial charge in [0.1, 0.15) is 18.1 Å². The molecule has 1 aromatic rings. The molecule has 1 saturated heterocycles. The first-order valence-electron chi connectivity index (χ1n) is 7.59. The van der Waals surface area contributed by atoms with Gasteiger partial charge in [-0.15, -0.1) is 0 Å². The van der Waals surface area contributed by atoms with E-state index in [1.165, 1.54) is 0 Å². The number of carbonyl (C=O) groups excluding carboxylic acids is 2. The van der Waals surface area contributed by atoms with Crippen molar-refractivity contribution in [2.75, 3.05) is 13.1 Å². The fourth-order valence-electron chi connectivity index (χ4n) is 3.05. The van der Waals surface area contributed by atoms with Gasteiger partial charge >= 0.3 is 0 Å². The van der Waals surface area contributed by atoms with E-state index in [4.69, 9.17) is 4.74 Å². The Labute approximate surface area is 131 Å². The molecule has 2 rings (SSSR count). The molecule has 1 aliphatic heterocycles. The number of carbonyl (C=O) groups is 2. The van der Waals surface area contributed by atoms with Crippen molar-refractivity contribution in [3.05, 3.63) is 29.8 Å². The van der Waals surface area contributed by atoms with Gasteiger partial charge in [-0.1, -0.05) is 0 Å². The van der Waals surface area contributed by atoms with E-state index in [0.29, 0.717) is 37.2 Å². The molecule has 0 bridgehead atoms. The summed E-state index contributed by atoms with van der Waals surface area (Å²) in [6, 6.07) is 6.95. The van der Waals surface area contributed by atoms with Gasteiger partial charge in [0, 0.05) is 18.4 Å². The molecule has 5 nitrogen and oxygen atoms in total. The molecule has 0 spiro atoms. The first-order chi connectivity index (χ1) is 10.3. The predicted molar refractivity (Wildman–Crippen MR) is 80.6 cm³/mol. The number of nitrogens with zero attached hydrogens (tertiary/aromatic N) is 1. The van der Waals surface area contributed by atoms with Gasteiger partial charge in [0.15, 0.2) is 0 Å². The molecule has 22 heavy (non-hydrogen) atoms. The maximum atomic E-state index is 11.6. The van der Waals surface area contributed by atoms with E-state index in [1.54, 1.807) is 24.3 Å². The van der Waals surface area contributed by atoms with Gasteiger partial charge in [-0.05, 0) is 45.0 Å². The lowest BCUT2D eigenvalue weighted by molar-refractivity contribution is -0.924. The Morgan fingerprint density at radius 1 is 1.23 bits per heavy atom. The average Bonchev–Trinajstić information content (AvgIpc) is 2.47. The van der Waals surface area contributed by atoms with Gasteiger partial charge in [0.2, 0.25) is 0 Å². The van der Waals surface area contributed by atoms with Gasteiger partial charge in [-0.3, -0.25) is 9.28 Å². The number of ether oxygens (including phenoxy) is 1. The number of hydrogen-bond donors (Lipinski definition) is 0. The maximum Gasteiger partial charge on any atom is 0.257 e. The van der Waals surface area contributed by atoms with E-state index >= 15 is 0 Å². The zero-order valence-corrected chi connectivity index (χ0v) is 13.4. The van der Waals surface area contributed by atoms with Crippen LogP contribution in [0.4, 0.5) is 4.79 Å². The maximum absolute atomic E-state index is 11.6. The minimum atomic E-state index is -1.01. The molecular formula is C17H23NO4. The number of benzene rings is 1. The number of likely N-dealkylation sites (tertiary alicyclic amines) is 1. The second-order valence-electron chi connectivity index (χ2n) is 6.86. The Morgan fingerprint density at radius 3 is 2.18 bits per heavy atom. The summed E-state index contributed by atoms with van der Waals surface area (Å²) in [5.41, 5.74) is 0.214. The van der Waals surface area contributed by atoms with Gasteiger partial charge in [-0.25, -0.2) is 0 Å². The molecule has 0 atom stereocenters. The largest absolute Gasteiger partial charge is 0.498 e. The SMILES string of the molecule is CC(C)(C)[N+]1(C(=O)[O-])CCC(Oc2ccc(C=O)cc2)CC1. The van der Waals surface area contributed by atoms with Gasteiger partial charge in [0.05, 0.1) is 18.6 Å². The molecule has 0 radical (unpaired) electrons. The third kappa shape index (κ3) is 3.14. The summed E-state index contributed by atoms with van der Waals surface area (Å²) >= 11 is 0. The van der Waals surface area contributed by atoms with Crippen LogP contribution in [0.25, 0.3) is 0 Å². The highest BCUT2D eigenvalue weighted by Gasteiger charge is 2.45. The van der Waals surface area contributed by atoms with Crippen LogP contribution in [0.3, 0.4) is 0 Å². The molecule has 1 amide bonds. The van der Waals surface area contributed by atoms with E-state index in [-0.39, 0.29) is 10.6 Å². The Hall–Kier alpha value is -1.88. The molecular weight excluding hydrogens is 282 g/mol. The molecule has 0 aliphatic carbocycles. The highest BCUT2D eigenvalue weighted by Crippen LogP contribution is 2.31. The first kappa shape index (κ1) is 16.5. The van der Waals surface area contributed by atoms with Crippen LogP contribution in [0.5, 0.6) is 5.75 Å². The van der Waals surface area contributed by atoms with Crippen LogP contribution in [-0.4, -0.2) is 41.6 Å². The van der Waals surface area contributed by atoms with E-state index in [9.17, 15) is 14.7 Å². The fourth-order valence-corrected chi connectivity index (χ4v) is 3.05. The van der Waals surface area contributed by atoms with Crippen LogP contribution in [0.15, 0.2) is 24.3 Å². The standard InChI is InChI=1S/C17H23NO4/c1-17(2,3)18(16(20)21)10-8-15(9-11-18)22-14-6-4-13(12-19)5-7-14/h4-7,12,15H,8-11H2,1-3H3. The van der Waals surface area contributed by atoms with Gasteiger partial charge < -0.3 is 14.6 Å². The van der Waals surface area contributed by atoms with Crippen LogP contribution in [-0.2, 0) is 0 Å². The number of rotatable bonds is 3. The van der Waals surface area contributed by atoms with Crippen LogP contribution >= 0.6 is 0 Å². The van der Waals surface area contributed by atoms with E-state index in [2.05, 4.69) is 0 Å². The molecule has 5 heteroatoms. The quantitative estimate of drug-likeness (QED) is 0.633. The predicted octanol–water partition coefficient (Wildman–Crippen LogP) is 2.00. The van der Waals surface area contributed by atoms with Crippen molar-refractivity contribution in [1.29, 1.82) is 0 Å². The smallest absolute Gasteiger partial charge is 0.257 e. The Kier molecular flexibility index (Phi) is 4.56. The summed E-state index contributed by atoms with van der Waals surface area (Å²) in [6.07, 6.45) is 1.11. The van der Waals surface area contributed by atoms with Gasteiger partial charge in [-0.2, -0.15) is 0 Å². The molecule has 1 aliphatic rings. The number of piperidine rings is 1. The zero-order valence-electron chi connectivity index (χ0n) is 13.4. The number of hydrogen-bond acceptors (Lipinski definition) is 4. The second kappa shape index (κ2) is 6.08. The lowest BCUT2D eigenvalue weighted by Crippen LogP contribution is -2.70. The highest BCUT2D eigenvalue weighted by molar-refractivity contribution is 5.74. The van der Waals surface area contributed by atoms with Crippen molar-refractivity contribution in [2.45, 2.75) is 45.3 Å². The van der Waals surface area contributed by atoms with Gasteiger partial charge in [0.25, 0.3) is 6.09 Å². The minimum Gasteiger partial charge on any atom is -0.498 e. The lowest BCUT2D eigenvalue weighted by Gasteiger charge is -2.51. The summed E-state index contributed by atoms with van der Waals surface area (Å²) in [5, 5.41) is 11.6. The number of quaternary nitrogens is 1. The molecule has 0 aromatic heterocycles. The van der Waals surface area contributed by atoms with Crippen molar-refractivity contribution >= 4 is 12.4 Å². The molecule has 0 unspecified atom stereocenters. The Balaban J connectivity index is 2.01. The van der Waals surface area contributed by atoms with Crippen LogP contribution in [0.2, 0.25) is 0 Å². The van der Waals surface area contributed by atoms with Crippen molar-refractivity contribution in [3.8, 4) is 5.75 Å². The molecule has 1 fully saturated rings. The summed E-state index contributed by atoms with van der Waals surface area (Å²) < 4.78 is 5.87. The second-order valence-corrected chi connectivity index (χ2v) is 6.86. The van der Waals surface area contributed by atoms with Crippen molar-refractivity contribution < 1.29 is 23.9 Å². The van der Waals surface area contributed by atoms with E-state index in [1.807, 2.05) is 20.8 Å². The summed E-state index contributed by atoms with van der Waals surface area (Å²) in [4.78, 5) is 22.3. The Bertz CT molecular complexity index is 537. The third-order valence-electron chi connectivity index (χ3n) is 4.62. The fraction of sp³-hybridized carbons (Fsp3) is 0.529.